The van der Waals surface area contributed by atoms with E-state index in [1.54, 1.807) is 11.4 Å². The fourth-order valence-corrected chi connectivity index (χ4v) is 8.54. The van der Waals surface area contributed by atoms with Crippen LogP contribution in [0.4, 0.5) is 5.82 Å². The Bertz CT molecular complexity index is 1190. The van der Waals surface area contributed by atoms with E-state index < -0.39 is 25.6 Å². The van der Waals surface area contributed by atoms with E-state index in [-0.39, 0.29) is 17.4 Å². The van der Waals surface area contributed by atoms with Crippen LogP contribution >= 0.6 is 0 Å². The van der Waals surface area contributed by atoms with E-state index in [2.05, 4.69) is 19.9 Å². The van der Waals surface area contributed by atoms with Gasteiger partial charge in [-0.3, -0.25) is 0 Å². The van der Waals surface area contributed by atoms with Crippen molar-refractivity contribution in [2.45, 2.75) is 31.2 Å². The lowest BCUT2D eigenvalue weighted by molar-refractivity contribution is 0.249. The molecule has 1 saturated carbocycles. The number of rotatable bonds is 6. The fraction of sp³-hybridized carbons (Fsp3) is 0.684. The van der Waals surface area contributed by atoms with Gasteiger partial charge in [0, 0.05) is 39.4 Å². The third-order valence-corrected chi connectivity index (χ3v) is 10.8. The van der Waals surface area contributed by atoms with Crippen molar-refractivity contribution in [2.24, 2.45) is 5.92 Å². The SMILES string of the molecule is CN(CCC1CCS(=O)(=O)C1)S(=O)(=O)N1CCN(c2ncnc3[nH]ccc23)CC12CC2. The number of aromatic amines is 1. The van der Waals surface area contributed by atoms with Crippen molar-refractivity contribution in [1.29, 1.82) is 0 Å². The predicted octanol–water partition coefficient (Wildman–Crippen LogP) is 0.614. The van der Waals surface area contributed by atoms with E-state index in [1.165, 1.54) is 10.6 Å². The Kier molecular flexibility index (Phi) is 5.03. The first-order chi connectivity index (χ1) is 14.7. The molecule has 1 spiro atoms. The maximum Gasteiger partial charge on any atom is 0.282 e. The summed E-state index contributed by atoms with van der Waals surface area (Å²) in [5.74, 6) is 1.29. The topological polar surface area (TPSA) is 120 Å². The summed E-state index contributed by atoms with van der Waals surface area (Å²) in [5.41, 5.74) is 0.383. The number of sulfone groups is 1. The Labute approximate surface area is 182 Å². The van der Waals surface area contributed by atoms with Gasteiger partial charge in [0.05, 0.1) is 22.4 Å². The van der Waals surface area contributed by atoms with Crippen LogP contribution in [0, 0.1) is 5.92 Å². The average Bonchev–Trinajstić information content (AvgIpc) is 3.15. The molecule has 2 saturated heterocycles. The van der Waals surface area contributed by atoms with Crippen LogP contribution in [0.3, 0.4) is 0 Å². The second-order valence-electron chi connectivity index (χ2n) is 9.04. The van der Waals surface area contributed by atoms with Gasteiger partial charge < -0.3 is 9.88 Å². The van der Waals surface area contributed by atoms with Gasteiger partial charge in [0.15, 0.2) is 9.84 Å². The summed E-state index contributed by atoms with van der Waals surface area (Å²) in [4.78, 5) is 14.0. The van der Waals surface area contributed by atoms with Crippen LogP contribution in [-0.2, 0) is 20.0 Å². The molecule has 3 fully saturated rings. The van der Waals surface area contributed by atoms with Crippen molar-refractivity contribution >= 4 is 36.9 Å². The number of H-pyrrole nitrogens is 1. The molecule has 170 valence electrons. The lowest BCUT2D eigenvalue weighted by atomic mass is 10.1. The second-order valence-corrected chi connectivity index (χ2v) is 13.2. The zero-order chi connectivity index (χ0) is 21.9. The van der Waals surface area contributed by atoms with Crippen molar-refractivity contribution in [3.05, 3.63) is 18.6 Å². The van der Waals surface area contributed by atoms with Gasteiger partial charge in [0.25, 0.3) is 10.2 Å². The standard InChI is InChI=1S/C19H28N6O4S2/c1-23(8-3-15-4-11-30(26,27)12-15)31(28,29)25-10-9-24(13-19(25)5-6-19)18-16-2-7-20-17(16)21-14-22-18/h2,7,14-15H,3-6,8-13H2,1H3,(H,20,21,22). The number of hydrogen-bond donors (Lipinski definition) is 1. The van der Waals surface area contributed by atoms with Crippen molar-refractivity contribution in [3.8, 4) is 0 Å². The second kappa shape index (κ2) is 7.39. The fourth-order valence-electron chi connectivity index (χ4n) is 4.91. The Morgan fingerprint density at radius 3 is 2.81 bits per heavy atom. The first-order valence-electron chi connectivity index (χ1n) is 10.7. The summed E-state index contributed by atoms with van der Waals surface area (Å²) in [6, 6.07) is 1.95. The Morgan fingerprint density at radius 1 is 1.29 bits per heavy atom. The van der Waals surface area contributed by atoms with Gasteiger partial charge in [-0.15, -0.1) is 0 Å². The average molecular weight is 469 g/mol. The van der Waals surface area contributed by atoms with Crippen LogP contribution in [0.5, 0.6) is 0 Å². The van der Waals surface area contributed by atoms with Crippen molar-refractivity contribution < 1.29 is 16.8 Å². The molecule has 10 nitrogen and oxygen atoms in total. The van der Waals surface area contributed by atoms with E-state index in [0.717, 1.165) is 29.7 Å². The summed E-state index contributed by atoms with van der Waals surface area (Å²) in [6.07, 6.45) is 6.24. The van der Waals surface area contributed by atoms with Crippen LogP contribution < -0.4 is 4.90 Å². The van der Waals surface area contributed by atoms with E-state index in [1.807, 2.05) is 12.3 Å². The maximum absolute atomic E-state index is 13.4. The van der Waals surface area contributed by atoms with Crippen molar-refractivity contribution in [2.75, 3.05) is 49.6 Å². The maximum atomic E-state index is 13.4. The molecule has 1 atom stereocenters. The summed E-state index contributed by atoms with van der Waals surface area (Å²) in [6.45, 7) is 1.92. The number of hydrogen-bond acceptors (Lipinski definition) is 7. The molecule has 1 aliphatic carbocycles. The molecule has 5 rings (SSSR count). The van der Waals surface area contributed by atoms with Gasteiger partial charge >= 0.3 is 0 Å². The number of nitrogens with zero attached hydrogens (tertiary/aromatic N) is 5. The summed E-state index contributed by atoms with van der Waals surface area (Å²) in [5, 5.41) is 0.943. The minimum Gasteiger partial charge on any atom is -0.353 e. The highest BCUT2D eigenvalue weighted by Gasteiger charge is 2.56. The smallest absolute Gasteiger partial charge is 0.282 e. The predicted molar refractivity (Wildman–Crippen MR) is 118 cm³/mol. The van der Waals surface area contributed by atoms with E-state index >= 15 is 0 Å². The quantitative estimate of drug-likeness (QED) is 0.660. The van der Waals surface area contributed by atoms with Gasteiger partial charge in [0.2, 0.25) is 0 Å². The molecule has 2 aromatic rings. The molecule has 0 bridgehead atoms. The lowest BCUT2D eigenvalue weighted by Gasteiger charge is -2.43. The normalized spacial score (nSPS) is 25.6. The van der Waals surface area contributed by atoms with E-state index in [0.29, 0.717) is 39.0 Å². The summed E-state index contributed by atoms with van der Waals surface area (Å²) < 4.78 is 53.2. The minimum absolute atomic E-state index is 0.0518. The van der Waals surface area contributed by atoms with Crippen LogP contribution in [0.2, 0.25) is 0 Å². The molecular formula is C19H28N6O4S2. The number of nitrogens with one attached hydrogen (secondary N) is 1. The molecule has 0 aromatic carbocycles. The first kappa shape index (κ1) is 21.1. The van der Waals surface area contributed by atoms with E-state index in [9.17, 15) is 16.8 Å². The van der Waals surface area contributed by atoms with Gasteiger partial charge in [-0.25, -0.2) is 18.4 Å². The Morgan fingerprint density at radius 2 is 2.10 bits per heavy atom. The molecule has 0 amide bonds. The number of aromatic nitrogens is 3. The van der Waals surface area contributed by atoms with Gasteiger partial charge in [-0.1, -0.05) is 0 Å². The van der Waals surface area contributed by atoms with Crippen molar-refractivity contribution in [3.63, 3.8) is 0 Å². The minimum atomic E-state index is -3.61. The number of fused-ring (bicyclic) bond motifs is 1. The summed E-state index contributed by atoms with van der Waals surface area (Å²) >= 11 is 0. The molecule has 12 heteroatoms. The zero-order valence-electron chi connectivity index (χ0n) is 17.6. The number of anilines is 1. The molecule has 1 N–H and O–H groups in total. The molecular weight excluding hydrogens is 440 g/mol. The monoisotopic (exact) mass is 468 g/mol. The molecule has 0 radical (unpaired) electrons. The first-order valence-corrected chi connectivity index (χ1v) is 13.9. The molecule has 3 aliphatic rings. The Balaban J connectivity index is 1.28. The van der Waals surface area contributed by atoms with Crippen LogP contribution in [-0.4, -0.2) is 90.7 Å². The largest absolute Gasteiger partial charge is 0.353 e. The number of piperazine rings is 1. The highest BCUT2D eigenvalue weighted by molar-refractivity contribution is 7.91. The molecule has 31 heavy (non-hydrogen) atoms. The Hall–Kier alpha value is -1.76. The third-order valence-electron chi connectivity index (χ3n) is 6.90. The van der Waals surface area contributed by atoms with E-state index in [4.69, 9.17) is 0 Å². The molecule has 1 unspecified atom stereocenters. The summed E-state index contributed by atoms with van der Waals surface area (Å²) in [7, 11) is -4.96. The van der Waals surface area contributed by atoms with Crippen molar-refractivity contribution in [1.82, 2.24) is 23.6 Å². The van der Waals surface area contributed by atoms with Gasteiger partial charge in [-0.05, 0) is 37.7 Å². The molecule has 2 aromatic heterocycles. The zero-order valence-corrected chi connectivity index (χ0v) is 19.2. The van der Waals surface area contributed by atoms with Gasteiger partial charge in [-0.2, -0.15) is 17.0 Å². The lowest BCUT2D eigenvalue weighted by Crippen LogP contribution is -2.59. The van der Waals surface area contributed by atoms with Crippen LogP contribution in [0.1, 0.15) is 25.7 Å². The van der Waals surface area contributed by atoms with Crippen LogP contribution in [0.25, 0.3) is 11.0 Å². The molecule has 4 heterocycles. The third kappa shape index (κ3) is 3.83. The highest BCUT2D eigenvalue weighted by atomic mass is 32.2. The molecule has 2 aliphatic heterocycles. The van der Waals surface area contributed by atoms with Gasteiger partial charge in [0.1, 0.15) is 17.8 Å². The highest BCUT2D eigenvalue weighted by Crippen LogP contribution is 2.47. The van der Waals surface area contributed by atoms with Crippen LogP contribution in [0.15, 0.2) is 18.6 Å².